The van der Waals surface area contributed by atoms with Gasteiger partial charge in [0, 0.05) is 24.9 Å². The van der Waals surface area contributed by atoms with Crippen LogP contribution in [0.1, 0.15) is 41.5 Å². The van der Waals surface area contributed by atoms with E-state index in [-0.39, 0.29) is 17.5 Å². The van der Waals surface area contributed by atoms with E-state index in [2.05, 4.69) is 4.98 Å². The second-order valence-electron chi connectivity index (χ2n) is 6.67. The number of aromatic nitrogens is 1. The summed E-state index contributed by atoms with van der Waals surface area (Å²) in [7, 11) is -0.420. The summed E-state index contributed by atoms with van der Waals surface area (Å²) in [6.07, 6.45) is 1.33. The van der Waals surface area contributed by atoms with Crippen LogP contribution in [-0.2, 0) is 18.8 Å². The summed E-state index contributed by atoms with van der Waals surface area (Å²) in [5, 5.41) is 0. The molecule has 0 aliphatic carbocycles. The van der Waals surface area contributed by atoms with Crippen LogP contribution in [0.3, 0.4) is 0 Å². The van der Waals surface area contributed by atoms with Crippen molar-refractivity contribution in [2.24, 2.45) is 0 Å². The van der Waals surface area contributed by atoms with E-state index in [9.17, 15) is 0 Å². The number of nitrogens with zero attached hydrogens (tertiary/aromatic N) is 1. The number of pyridine rings is 1. The standard InChI is InChI=1S/C17H28BNO5/c1-7-20-15(21-8-2)12-22-14-10-9-13(11-19-14)18-23-16(3,4)17(5,6)24-18/h9-11,15H,7-8,12H2,1-6H3. The van der Waals surface area contributed by atoms with E-state index in [1.165, 1.54) is 0 Å². The predicted molar refractivity (Wildman–Crippen MR) is 92.5 cm³/mol. The van der Waals surface area contributed by atoms with Crippen molar-refractivity contribution in [3.8, 4) is 5.88 Å². The van der Waals surface area contributed by atoms with Crippen LogP contribution in [0.15, 0.2) is 18.3 Å². The molecule has 0 radical (unpaired) electrons. The van der Waals surface area contributed by atoms with Gasteiger partial charge in [-0.05, 0) is 47.6 Å². The average Bonchev–Trinajstić information content (AvgIpc) is 2.74. The number of hydrogen-bond donors (Lipinski definition) is 0. The van der Waals surface area contributed by atoms with Gasteiger partial charge in [-0.25, -0.2) is 4.98 Å². The SMILES string of the molecule is CCOC(COc1ccc(B2OC(C)(C)C(C)(C)O2)cn1)OCC. The van der Waals surface area contributed by atoms with Crippen LogP contribution in [0.2, 0.25) is 0 Å². The molecule has 1 aliphatic heterocycles. The van der Waals surface area contributed by atoms with E-state index in [1.807, 2.05) is 47.6 Å². The van der Waals surface area contributed by atoms with Crippen LogP contribution < -0.4 is 10.2 Å². The Hall–Kier alpha value is -1.15. The Labute approximate surface area is 144 Å². The summed E-state index contributed by atoms with van der Waals surface area (Å²) < 4.78 is 28.5. The summed E-state index contributed by atoms with van der Waals surface area (Å²) in [5.74, 6) is 0.514. The van der Waals surface area contributed by atoms with Gasteiger partial charge in [0.1, 0.15) is 6.61 Å². The Bertz CT molecular complexity index is 498. The van der Waals surface area contributed by atoms with Gasteiger partial charge in [0.15, 0.2) is 6.29 Å². The Morgan fingerprint density at radius 1 is 1.04 bits per heavy atom. The molecule has 1 aromatic rings. The normalized spacial score (nSPS) is 19.0. The first kappa shape index (κ1) is 19.2. The van der Waals surface area contributed by atoms with Crippen LogP contribution in [0.5, 0.6) is 5.88 Å². The molecule has 1 aromatic heterocycles. The lowest BCUT2D eigenvalue weighted by Gasteiger charge is -2.32. The van der Waals surface area contributed by atoms with Crippen LogP contribution in [0.25, 0.3) is 0 Å². The monoisotopic (exact) mass is 337 g/mol. The van der Waals surface area contributed by atoms with Crippen molar-refractivity contribution in [1.29, 1.82) is 0 Å². The largest absolute Gasteiger partial charge is 0.496 e. The molecule has 0 N–H and O–H groups in total. The first-order chi connectivity index (χ1) is 11.3. The molecule has 6 nitrogen and oxygen atoms in total. The van der Waals surface area contributed by atoms with Crippen molar-refractivity contribution in [1.82, 2.24) is 4.98 Å². The predicted octanol–water partition coefficient (Wildman–Crippen LogP) is 2.16. The molecule has 0 aromatic carbocycles. The lowest BCUT2D eigenvalue weighted by Crippen LogP contribution is -2.41. The number of hydrogen-bond acceptors (Lipinski definition) is 6. The highest BCUT2D eigenvalue weighted by Gasteiger charge is 2.51. The van der Waals surface area contributed by atoms with Crippen molar-refractivity contribution in [3.63, 3.8) is 0 Å². The quantitative estimate of drug-likeness (QED) is 0.535. The maximum absolute atomic E-state index is 6.01. The minimum Gasteiger partial charge on any atom is -0.472 e. The fourth-order valence-corrected chi connectivity index (χ4v) is 2.27. The maximum Gasteiger partial charge on any atom is 0.496 e. The third-order valence-electron chi connectivity index (χ3n) is 4.36. The molecular formula is C17H28BNO5. The summed E-state index contributed by atoms with van der Waals surface area (Å²) in [5.41, 5.74) is 0.136. The molecule has 2 rings (SSSR count). The molecule has 24 heavy (non-hydrogen) atoms. The molecule has 1 aliphatic rings. The molecule has 2 heterocycles. The van der Waals surface area contributed by atoms with E-state index in [1.54, 1.807) is 12.3 Å². The number of ether oxygens (including phenoxy) is 3. The van der Waals surface area contributed by atoms with Crippen molar-refractivity contribution < 1.29 is 23.5 Å². The molecule has 0 saturated carbocycles. The van der Waals surface area contributed by atoms with Crippen LogP contribution in [0, 0.1) is 0 Å². The molecule has 0 unspecified atom stereocenters. The van der Waals surface area contributed by atoms with E-state index >= 15 is 0 Å². The Morgan fingerprint density at radius 3 is 2.08 bits per heavy atom. The van der Waals surface area contributed by atoms with Crippen molar-refractivity contribution in [2.75, 3.05) is 19.8 Å². The highest BCUT2D eigenvalue weighted by molar-refractivity contribution is 6.62. The second kappa shape index (κ2) is 7.82. The van der Waals surface area contributed by atoms with Gasteiger partial charge < -0.3 is 23.5 Å². The highest BCUT2D eigenvalue weighted by atomic mass is 16.7. The molecular weight excluding hydrogens is 309 g/mol. The average molecular weight is 337 g/mol. The molecule has 1 fully saturated rings. The summed E-state index contributed by atoms with van der Waals surface area (Å²) in [6, 6.07) is 3.70. The van der Waals surface area contributed by atoms with Gasteiger partial charge in [0.2, 0.25) is 5.88 Å². The van der Waals surface area contributed by atoms with Gasteiger partial charge >= 0.3 is 7.12 Å². The lowest BCUT2D eigenvalue weighted by molar-refractivity contribution is -0.152. The highest BCUT2D eigenvalue weighted by Crippen LogP contribution is 2.36. The van der Waals surface area contributed by atoms with Gasteiger partial charge in [-0.2, -0.15) is 0 Å². The van der Waals surface area contributed by atoms with Gasteiger partial charge in [-0.3, -0.25) is 0 Å². The first-order valence-electron chi connectivity index (χ1n) is 8.46. The Morgan fingerprint density at radius 2 is 1.62 bits per heavy atom. The Balaban J connectivity index is 1.94. The smallest absolute Gasteiger partial charge is 0.472 e. The zero-order valence-electron chi connectivity index (χ0n) is 15.5. The lowest BCUT2D eigenvalue weighted by atomic mass is 9.80. The molecule has 0 bridgehead atoms. The molecule has 0 spiro atoms. The third kappa shape index (κ3) is 4.48. The van der Waals surface area contributed by atoms with Crippen LogP contribution in [0.4, 0.5) is 0 Å². The van der Waals surface area contributed by atoms with Gasteiger partial charge in [-0.1, -0.05) is 6.07 Å². The zero-order valence-corrected chi connectivity index (χ0v) is 15.5. The summed E-state index contributed by atoms with van der Waals surface area (Å²) >= 11 is 0. The van der Waals surface area contributed by atoms with E-state index < -0.39 is 7.12 Å². The van der Waals surface area contributed by atoms with Gasteiger partial charge in [-0.15, -0.1) is 0 Å². The summed E-state index contributed by atoms with van der Waals surface area (Å²) in [4.78, 5) is 4.32. The fraction of sp³-hybridized carbons (Fsp3) is 0.706. The molecule has 0 atom stereocenters. The maximum atomic E-state index is 6.01. The molecule has 134 valence electrons. The van der Waals surface area contributed by atoms with Crippen LogP contribution in [-0.4, -0.2) is 49.4 Å². The van der Waals surface area contributed by atoms with E-state index in [0.717, 1.165) is 5.46 Å². The summed E-state index contributed by atoms with van der Waals surface area (Å²) in [6.45, 7) is 13.4. The second-order valence-corrected chi connectivity index (χ2v) is 6.67. The molecule has 1 saturated heterocycles. The minimum atomic E-state index is -0.420. The third-order valence-corrected chi connectivity index (χ3v) is 4.36. The van der Waals surface area contributed by atoms with Gasteiger partial charge in [0.05, 0.1) is 11.2 Å². The van der Waals surface area contributed by atoms with Crippen molar-refractivity contribution in [3.05, 3.63) is 18.3 Å². The van der Waals surface area contributed by atoms with Crippen molar-refractivity contribution >= 4 is 12.6 Å². The topological polar surface area (TPSA) is 59.0 Å². The molecule has 7 heteroatoms. The Kier molecular flexibility index (Phi) is 6.25. The van der Waals surface area contributed by atoms with E-state index in [0.29, 0.717) is 25.7 Å². The fourth-order valence-electron chi connectivity index (χ4n) is 2.27. The first-order valence-corrected chi connectivity index (χ1v) is 8.46. The zero-order chi connectivity index (χ0) is 17.8. The molecule has 0 amide bonds. The van der Waals surface area contributed by atoms with Crippen LogP contribution >= 0.6 is 0 Å². The number of rotatable bonds is 8. The minimum absolute atomic E-state index is 0.296. The van der Waals surface area contributed by atoms with Gasteiger partial charge in [0.25, 0.3) is 0 Å². The van der Waals surface area contributed by atoms with E-state index in [4.69, 9.17) is 23.5 Å². The van der Waals surface area contributed by atoms with Crippen molar-refractivity contribution in [2.45, 2.75) is 59.0 Å².